The number of nitrogens with one attached hydrogen (secondary N) is 3. The molecule has 2 amide bonds. The number of rotatable bonds is 7. The van der Waals surface area contributed by atoms with Gasteiger partial charge in [0.2, 0.25) is 5.91 Å². The van der Waals surface area contributed by atoms with Crippen molar-refractivity contribution in [3.8, 4) is 0 Å². The Hall–Kier alpha value is -3.01. The molecule has 3 atom stereocenters. The van der Waals surface area contributed by atoms with Crippen molar-refractivity contribution >= 4 is 17.8 Å². The molecule has 4 rings (SSSR count). The van der Waals surface area contributed by atoms with Crippen LogP contribution in [-0.2, 0) is 20.7 Å². The molecule has 1 aromatic carbocycles. The molecule has 10 heteroatoms. The lowest BCUT2D eigenvalue weighted by atomic mass is 10.0. The molecule has 2 heterocycles. The number of anilines is 1. The lowest BCUT2D eigenvalue weighted by Gasteiger charge is -2.15. The van der Waals surface area contributed by atoms with Crippen molar-refractivity contribution in [3.63, 3.8) is 0 Å². The molecular weight excluding hydrogens is 422 g/mol. The highest BCUT2D eigenvalue weighted by Crippen LogP contribution is 2.35. The average Bonchev–Trinajstić information content (AvgIpc) is 3.47. The van der Waals surface area contributed by atoms with Gasteiger partial charge in [0.25, 0.3) is 0 Å². The summed E-state index contributed by atoms with van der Waals surface area (Å²) in [6, 6.07) is 4.73. The average molecular weight is 448 g/mol. The second kappa shape index (κ2) is 10.1. The second-order valence-electron chi connectivity index (χ2n) is 8.26. The molecule has 2 aliphatic rings. The summed E-state index contributed by atoms with van der Waals surface area (Å²) in [5, 5.41) is 12.4. The SMILES string of the molecule is O=C(Cc1cc(F)cc(F)c1)Nc1cc([C@@H]2CC[C@H](OC(=O)NC[C@@H]3CCCO3)C2)[nH]n1. The molecule has 3 N–H and O–H groups in total. The van der Waals surface area contributed by atoms with E-state index < -0.39 is 23.6 Å². The van der Waals surface area contributed by atoms with Crippen LogP contribution in [-0.4, -0.2) is 47.6 Å². The Morgan fingerprint density at radius 1 is 1.16 bits per heavy atom. The minimum absolute atomic E-state index is 0.0671. The zero-order valence-corrected chi connectivity index (χ0v) is 17.5. The fourth-order valence-electron chi connectivity index (χ4n) is 4.22. The molecule has 1 saturated heterocycles. The fourth-order valence-corrected chi connectivity index (χ4v) is 4.22. The summed E-state index contributed by atoms with van der Waals surface area (Å²) in [6.07, 6.45) is 3.46. The highest BCUT2D eigenvalue weighted by atomic mass is 19.1. The van der Waals surface area contributed by atoms with Crippen molar-refractivity contribution < 1.29 is 27.8 Å². The molecule has 0 spiro atoms. The van der Waals surface area contributed by atoms with Crippen LogP contribution in [0.1, 0.15) is 49.3 Å². The van der Waals surface area contributed by atoms with Gasteiger partial charge in [0.05, 0.1) is 12.5 Å². The first-order valence-corrected chi connectivity index (χ1v) is 10.8. The van der Waals surface area contributed by atoms with Gasteiger partial charge in [-0.3, -0.25) is 9.89 Å². The zero-order chi connectivity index (χ0) is 22.5. The van der Waals surface area contributed by atoms with Crippen LogP contribution in [0.2, 0.25) is 0 Å². The fraction of sp³-hybridized carbons (Fsp3) is 0.500. The number of alkyl carbamates (subject to hydrolysis) is 1. The Balaban J connectivity index is 1.22. The first-order valence-electron chi connectivity index (χ1n) is 10.8. The number of halogens is 2. The van der Waals surface area contributed by atoms with Crippen molar-refractivity contribution in [1.29, 1.82) is 0 Å². The van der Waals surface area contributed by atoms with Gasteiger partial charge in [0.1, 0.15) is 17.7 Å². The van der Waals surface area contributed by atoms with Crippen LogP contribution in [0.4, 0.5) is 19.4 Å². The topological polar surface area (TPSA) is 105 Å². The minimum atomic E-state index is -0.728. The van der Waals surface area contributed by atoms with Gasteiger partial charge in [0.15, 0.2) is 5.82 Å². The Bertz CT molecular complexity index is 941. The van der Waals surface area contributed by atoms with Crippen molar-refractivity contribution in [2.24, 2.45) is 0 Å². The van der Waals surface area contributed by atoms with Gasteiger partial charge in [0, 0.05) is 36.9 Å². The van der Waals surface area contributed by atoms with E-state index in [-0.39, 0.29) is 30.1 Å². The minimum Gasteiger partial charge on any atom is -0.446 e. The van der Waals surface area contributed by atoms with Crippen LogP contribution in [0.5, 0.6) is 0 Å². The summed E-state index contributed by atoms with van der Waals surface area (Å²) in [5.41, 5.74) is 1.08. The third-order valence-corrected chi connectivity index (χ3v) is 5.75. The van der Waals surface area contributed by atoms with Gasteiger partial charge in [-0.1, -0.05) is 0 Å². The van der Waals surface area contributed by atoms with Crippen molar-refractivity contribution in [2.75, 3.05) is 18.5 Å². The van der Waals surface area contributed by atoms with E-state index in [1.54, 1.807) is 6.07 Å². The molecule has 0 bridgehead atoms. The molecule has 0 radical (unpaired) electrons. The van der Waals surface area contributed by atoms with E-state index in [0.717, 1.165) is 56.2 Å². The summed E-state index contributed by atoms with van der Waals surface area (Å²) in [5.74, 6) is -1.42. The maximum atomic E-state index is 13.3. The third-order valence-electron chi connectivity index (χ3n) is 5.75. The maximum absolute atomic E-state index is 13.3. The number of nitrogens with zero attached hydrogens (tertiary/aromatic N) is 1. The highest BCUT2D eigenvalue weighted by Gasteiger charge is 2.30. The van der Waals surface area contributed by atoms with Crippen LogP contribution in [0.15, 0.2) is 24.3 Å². The first kappa shape index (κ1) is 22.2. The van der Waals surface area contributed by atoms with E-state index in [0.29, 0.717) is 18.8 Å². The number of ether oxygens (including phenoxy) is 2. The van der Waals surface area contributed by atoms with Crippen LogP contribution in [0.25, 0.3) is 0 Å². The normalized spacial score (nSPS) is 22.6. The van der Waals surface area contributed by atoms with Crippen LogP contribution < -0.4 is 10.6 Å². The highest BCUT2D eigenvalue weighted by molar-refractivity contribution is 5.91. The Morgan fingerprint density at radius 3 is 2.72 bits per heavy atom. The van der Waals surface area contributed by atoms with E-state index in [9.17, 15) is 18.4 Å². The number of aromatic nitrogens is 2. The quantitative estimate of drug-likeness (QED) is 0.602. The summed E-state index contributed by atoms with van der Waals surface area (Å²) < 4.78 is 37.5. The number of hydrogen-bond donors (Lipinski definition) is 3. The van der Waals surface area contributed by atoms with E-state index in [1.165, 1.54) is 0 Å². The molecule has 1 aliphatic carbocycles. The Kier molecular flexibility index (Phi) is 6.99. The molecule has 8 nitrogen and oxygen atoms in total. The van der Waals surface area contributed by atoms with Gasteiger partial charge >= 0.3 is 6.09 Å². The number of carbonyl (C=O) groups excluding carboxylic acids is 2. The molecule has 0 unspecified atom stereocenters. The van der Waals surface area contributed by atoms with Gasteiger partial charge in [-0.2, -0.15) is 5.10 Å². The maximum Gasteiger partial charge on any atom is 0.407 e. The van der Waals surface area contributed by atoms with Crippen LogP contribution in [0.3, 0.4) is 0 Å². The number of aromatic amines is 1. The summed E-state index contributed by atoms with van der Waals surface area (Å²) >= 11 is 0. The van der Waals surface area contributed by atoms with Crippen LogP contribution >= 0.6 is 0 Å². The molecule has 2 fully saturated rings. The predicted octanol–water partition coefficient (Wildman–Crippen LogP) is 3.41. The lowest BCUT2D eigenvalue weighted by molar-refractivity contribution is -0.115. The first-order chi connectivity index (χ1) is 15.4. The number of carbonyl (C=O) groups is 2. The van der Waals surface area contributed by atoms with Gasteiger partial charge in [-0.15, -0.1) is 0 Å². The molecule has 1 aromatic heterocycles. The largest absolute Gasteiger partial charge is 0.446 e. The van der Waals surface area contributed by atoms with E-state index in [1.807, 2.05) is 0 Å². The number of amides is 2. The zero-order valence-electron chi connectivity index (χ0n) is 17.5. The van der Waals surface area contributed by atoms with Gasteiger partial charge in [-0.25, -0.2) is 13.6 Å². The molecule has 1 aliphatic heterocycles. The van der Waals surface area contributed by atoms with Gasteiger partial charge in [-0.05, 0) is 49.8 Å². The van der Waals surface area contributed by atoms with Gasteiger partial charge < -0.3 is 20.1 Å². The summed E-state index contributed by atoms with van der Waals surface area (Å²) in [7, 11) is 0. The van der Waals surface area contributed by atoms with E-state index in [2.05, 4.69) is 20.8 Å². The number of benzene rings is 1. The number of hydrogen-bond acceptors (Lipinski definition) is 5. The molecule has 1 saturated carbocycles. The number of H-pyrrole nitrogens is 1. The van der Waals surface area contributed by atoms with Crippen molar-refractivity contribution in [1.82, 2.24) is 15.5 Å². The van der Waals surface area contributed by atoms with E-state index in [4.69, 9.17) is 9.47 Å². The van der Waals surface area contributed by atoms with Crippen molar-refractivity contribution in [3.05, 3.63) is 47.2 Å². The summed E-state index contributed by atoms with van der Waals surface area (Å²) in [6.45, 7) is 1.20. The molecule has 32 heavy (non-hydrogen) atoms. The van der Waals surface area contributed by atoms with Crippen LogP contribution in [0, 0.1) is 11.6 Å². The molecular formula is C22H26F2N4O4. The van der Waals surface area contributed by atoms with Crippen molar-refractivity contribution in [2.45, 2.75) is 56.7 Å². The second-order valence-corrected chi connectivity index (χ2v) is 8.26. The monoisotopic (exact) mass is 448 g/mol. The lowest BCUT2D eigenvalue weighted by Crippen LogP contribution is -2.34. The predicted molar refractivity (Wildman–Crippen MR) is 111 cm³/mol. The third kappa shape index (κ3) is 6.03. The Morgan fingerprint density at radius 2 is 1.97 bits per heavy atom. The molecule has 2 aromatic rings. The Labute approximate surface area is 184 Å². The summed E-state index contributed by atoms with van der Waals surface area (Å²) in [4.78, 5) is 24.2. The standard InChI is InChI=1S/C22H26F2N4O4/c23-15-6-13(7-16(24)10-15)8-21(29)26-20-11-19(27-28-20)14-3-4-17(9-14)32-22(30)25-12-18-2-1-5-31-18/h6-7,10-11,14,17-18H,1-5,8-9,12H2,(H,25,30)(H2,26,27,28,29)/t14-,17+,18+/m1/s1. The van der Waals surface area contributed by atoms with E-state index >= 15 is 0 Å². The smallest absolute Gasteiger partial charge is 0.407 e. The molecule has 172 valence electrons.